The van der Waals surface area contributed by atoms with E-state index < -0.39 is 15.1 Å². The molecular formula is C18H27N3O2S. The average molecular weight is 350 g/mol. The van der Waals surface area contributed by atoms with Crippen molar-refractivity contribution in [2.75, 3.05) is 13.6 Å². The van der Waals surface area contributed by atoms with Crippen molar-refractivity contribution in [1.82, 2.24) is 14.5 Å². The maximum absolute atomic E-state index is 12.6. The van der Waals surface area contributed by atoms with Crippen LogP contribution in [0.4, 0.5) is 0 Å². The van der Waals surface area contributed by atoms with E-state index in [9.17, 15) is 8.42 Å². The lowest BCUT2D eigenvalue weighted by atomic mass is 10.1. The molecule has 2 rings (SSSR count). The van der Waals surface area contributed by atoms with Crippen molar-refractivity contribution in [2.45, 2.75) is 50.7 Å². The molecule has 0 saturated carbocycles. The highest BCUT2D eigenvalue weighted by Crippen LogP contribution is 2.19. The Morgan fingerprint density at radius 3 is 2.46 bits per heavy atom. The Balaban J connectivity index is 2.34. The maximum Gasteiger partial charge on any atom is 0.228 e. The van der Waals surface area contributed by atoms with Crippen LogP contribution in [0.15, 0.2) is 41.7 Å². The van der Waals surface area contributed by atoms with Crippen molar-refractivity contribution < 1.29 is 8.42 Å². The first kappa shape index (κ1) is 18.7. The predicted molar refractivity (Wildman–Crippen MR) is 96.7 cm³/mol. The van der Waals surface area contributed by atoms with Crippen molar-refractivity contribution in [3.8, 4) is 0 Å². The average Bonchev–Trinajstić information content (AvgIpc) is 2.96. The number of aryl methyl sites for hydroxylation is 1. The minimum atomic E-state index is -3.40. The van der Waals surface area contributed by atoms with Gasteiger partial charge < -0.3 is 9.47 Å². The molecule has 132 valence electrons. The SMILES string of the molecule is CCN(C)Cc1cnc(S(=O)(=O)C(C)C)n1CCc1ccccc1. The minimum absolute atomic E-state index is 0.188. The molecule has 1 aromatic carbocycles. The molecule has 2 aromatic rings. The van der Waals surface area contributed by atoms with Crippen molar-refractivity contribution in [3.05, 3.63) is 47.8 Å². The summed E-state index contributed by atoms with van der Waals surface area (Å²) in [5, 5.41) is -0.292. The van der Waals surface area contributed by atoms with Gasteiger partial charge in [0.1, 0.15) is 0 Å². The van der Waals surface area contributed by atoms with Crippen LogP contribution in [-0.4, -0.2) is 41.7 Å². The van der Waals surface area contributed by atoms with E-state index in [-0.39, 0.29) is 5.16 Å². The quantitative estimate of drug-likeness (QED) is 0.735. The van der Waals surface area contributed by atoms with Gasteiger partial charge in [-0.15, -0.1) is 0 Å². The van der Waals surface area contributed by atoms with Gasteiger partial charge in [0.25, 0.3) is 0 Å². The van der Waals surface area contributed by atoms with Crippen molar-refractivity contribution >= 4 is 9.84 Å². The molecule has 0 spiro atoms. The Bertz CT molecular complexity index is 752. The van der Waals surface area contributed by atoms with Gasteiger partial charge >= 0.3 is 0 Å². The zero-order valence-corrected chi connectivity index (χ0v) is 15.8. The van der Waals surface area contributed by atoms with E-state index in [4.69, 9.17) is 0 Å². The van der Waals surface area contributed by atoms with E-state index in [1.54, 1.807) is 20.0 Å². The zero-order chi connectivity index (χ0) is 17.7. The molecule has 0 atom stereocenters. The number of nitrogens with zero attached hydrogens (tertiary/aromatic N) is 3. The number of sulfone groups is 1. The topological polar surface area (TPSA) is 55.2 Å². The third-order valence-electron chi connectivity index (χ3n) is 4.22. The minimum Gasteiger partial charge on any atom is -0.317 e. The molecule has 0 radical (unpaired) electrons. The summed E-state index contributed by atoms with van der Waals surface area (Å²) in [6.45, 7) is 7.67. The van der Waals surface area contributed by atoms with E-state index in [1.807, 2.05) is 29.8 Å². The van der Waals surface area contributed by atoms with Crippen LogP contribution < -0.4 is 0 Å². The molecule has 1 aromatic heterocycles. The number of rotatable bonds is 8. The molecule has 0 aliphatic heterocycles. The maximum atomic E-state index is 12.6. The van der Waals surface area contributed by atoms with Gasteiger partial charge in [-0.05, 0) is 39.4 Å². The van der Waals surface area contributed by atoms with Crippen LogP contribution in [0.1, 0.15) is 32.0 Å². The summed E-state index contributed by atoms with van der Waals surface area (Å²) in [7, 11) is -1.38. The highest BCUT2D eigenvalue weighted by atomic mass is 32.2. The van der Waals surface area contributed by atoms with Gasteiger partial charge in [-0.3, -0.25) is 0 Å². The van der Waals surface area contributed by atoms with E-state index >= 15 is 0 Å². The van der Waals surface area contributed by atoms with Gasteiger partial charge in [-0.1, -0.05) is 37.3 Å². The summed E-state index contributed by atoms with van der Waals surface area (Å²) >= 11 is 0. The fourth-order valence-electron chi connectivity index (χ4n) is 2.47. The molecule has 0 amide bonds. The molecule has 24 heavy (non-hydrogen) atoms. The molecule has 0 N–H and O–H groups in total. The monoisotopic (exact) mass is 349 g/mol. The molecular weight excluding hydrogens is 322 g/mol. The number of imidazole rings is 1. The largest absolute Gasteiger partial charge is 0.317 e. The van der Waals surface area contributed by atoms with Crippen molar-refractivity contribution in [2.24, 2.45) is 0 Å². The predicted octanol–water partition coefficient (Wildman–Crippen LogP) is 2.76. The smallest absolute Gasteiger partial charge is 0.228 e. The lowest BCUT2D eigenvalue weighted by Crippen LogP contribution is -2.23. The molecule has 0 unspecified atom stereocenters. The van der Waals surface area contributed by atoms with Crippen LogP contribution in [0.3, 0.4) is 0 Å². The van der Waals surface area contributed by atoms with Gasteiger partial charge in [0.2, 0.25) is 15.0 Å². The summed E-state index contributed by atoms with van der Waals surface area (Å²) in [4.78, 5) is 6.40. The summed E-state index contributed by atoms with van der Waals surface area (Å²) in [6, 6.07) is 10.1. The lowest BCUT2D eigenvalue weighted by molar-refractivity contribution is 0.332. The molecule has 0 aliphatic rings. The first-order valence-corrected chi connectivity index (χ1v) is 9.91. The van der Waals surface area contributed by atoms with Gasteiger partial charge in [0.05, 0.1) is 17.1 Å². The second-order valence-corrected chi connectivity index (χ2v) is 8.74. The molecule has 0 aliphatic carbocycles. The molecule has 0 bridgehead atoms. The number of hydrogen-bond acceptors (Lipinski definition) is 4. The Hall–Kier alpha value is -1.66. The fraction of sp³-hybridized carbons (Fsp3) is 0.500. The number of hydrogen-bond donors (Lipinski definition) is 0. The number of benzene rings is 1. The molecule has 5 nitrogen and oxygen atoms in total. The highest BCUT2D eigenvalue weighted by Gasteiger charge is 2.26. The van der Waals surface area contributed by atoms with Crippen LogP contribution in [0, 0.1) is 0 Å². The van der Waals surface area contributed by atoms with Crippen molar-refractivity contribution in [3.63, 3.8) is 0 Å². The molecule has 0 saturated heterocycles. The summed E-state index contributed by atoms with van der Waals surface area (Å²) in [6.07, 6.45) is 2.48. The summed E-state index contributed by atoms with van der Waals surface area (Å²) in [5.41, 5.74) is 2.13. The fourth-order valence-corrected chi connectivity index (χ4v) is 3.61. The van der Waals surface area contributed by atoms with Crippen LogP contribution in [-0.2, 0) is 29.3 Å². The Morgan fingerprint density at radius 1 is 1.21 bits per heavy atom. The first-order valence-electron chi connectivity index (χ1n) is 8.37. The Kier molecular flexibility index (Phi) is 6.18. The molecule has 6 heteroatoms. The second kappa shape index (κ2) is 7.94. The van der Waals surface area contributed by atoms with Crippen LogP contribution in [0.2, 0.25) is 0 Å². The third-order valence-corrected chi connectivity index (χ3v) is 6.29. The van der Waals surface area contributed by atoms with Crippen LogP contribution in [0.25, 0.3) is 0 Å². The van der Waals surface area contributed by atoms with E-state index in [1.165, 1.54) is 5.56 Å². The zero-order valence-electron chi connectivity index (χ0n) is 14.9. The first-order chi connectivity index (χ1) is 11.4. The van der Waals surface area contributed by atoms with Crippen LogP contribution >= 0.6 is 0 Å². The Morgan fingerprint density at radius 2 is 1.88 bits per heavy atom. The van der Waals surface area contributed by atoms with Gasteiger partial charge in [-0.2, -0.15) is 0 Å². The highest BCUT2D eigenvalue weighted by molar-refractivity contribution is 7.91. The van der Waals surface area contributed by atoms with E-state index in [0.717, 1.165) is 18.7 Å². The second-order valence-electron chi connectivity index (χ2n) is 6.34. The molecule has 1 heterocycles. The standard InChI is InChI=1S/C18H27N3O2S/c1-5-20(4)14-17-13-19-18(24(22,23)15(2)3)21(17)12-11-16-9-7-6-8-10-16/h6-10,13,15H,5,11-12,14H2,1-4H3. The van der Waals surface area contributed by atoms with Crippen molar-refractivity contribution in [1.29, 1.82) is 0 Å². The van der Waals surface area contributed by atoms with E-state index in [2.05, 4.69) is 28.9 Å². The van der Waals surface area contributed by atoms with Gasteiger partial charge in [0.15, 0.2) is 0 Å². The van der Waals surface area contributed by atoms with Crippen LogP contribution in [0.5, 0.6) is 0 Å². The van der Waals surface area contributed by atoms with Gasteiger partial charge in [-0.25, -0.2) is 13.4 Å². The Labute approximate surface area is 145 Å². The lowest BCUT2D eigenvalue weighted by Gasteiger charge is -2.17. The summed E-state index contributed by atoms with van der Waals surface area (Å²) < 4.78 is 27.1. The number of aromatic nitrogens is 2. The van der Waals surface area contributed by atoms with E-state index in [0.29, 0.717) is 13.1 Å². The molecule has 0 fully saturated rings. The third kappa shape index (κ3) is 4.24. The summed E-state index contributed by atoms with van der Waals surface area (Å²) in [5.74, 6) is 0. The van der Waals surface area contributed by atoms with Gasteiger partial charge in [0, 0.05) is 13.1 Å². The normalized spacial score (nSPS) is 12.2.